The molecule has 0 radical (unpaired) electrons. The van der Waals surface area contributed by atoms with E-state index in [9.17, 15) is 4.79 Å². The summed E-state index contributed by atoms with van der Waals surface area (Å²) in [4.78, 5) is 10.5. The zero-order valence-electron chi connectivity index (χ0n) is 5.14. The number of hydrogen-bond donors (Lipinski definition) is 2. The van der Waals surface area contributed by atoms with Crippen molar-refractivity contribution in [2.75, 3.05) is 6.54 Å². The van der Waals surface area contributed by atoms with Crippen molar-refractivity contribution < 1.29 is 10.0 Å². The van der Waals surface area contributed by atoms with Gasteiger partial charge < -0.3 is 5.21 Å². The van der Waals surface area contributed by atoms with Crippen LogP contribution in [0, 0.1) is 5.92 Å². The van der Waals surface area contributed by atoms with Crippen LogP contribution in [0.5, 0.6) is 0 Å². The van der Waals surface area contributed by atoms with Gasteiger partial charge in [0, 0.05) is 5.92 Å². The highest BCUT2D eigenvalue weighted by Gasteiger charge is 2.03. The SMILES string of the molecule is CC(C)C(=O)CNO. The molecule has 0 aliphatic rings. The van der Waals surface area contributed by atoms with Crippen molar-refractivity contribution in [3.8, 4) is 0 Å². The second kappa shape index (κ2) is 3.57. The summed E-state index contributed by atoms with van der Waals surface area (Å²) in [5.41, 5.74) is 1.80. The van der Waals surface area contributed by atoms with E-state index >= 15 is 0 Å². The van der Waals surface area contributed by atoms with E-state index in [0.717, 1.165) is 0 Å². The van der Waals surface area contributed by atoms with Gasteiger partial charge in [-0.1, -0.05) is 13.8 Å². The maximum Gasteiger partial charge on any atom is 0.151 e. The van der Waals surface area contributed by atoms with E-state index in [1.54, 1.807) is 19.3 Å². The fourth-order valence-electron chi connectivity index (χ4n) is 0.282. The molecule has 48 valence electrons. The number of rotatable bonds is 3. The number of hydroxylamine groups is 1. The van der Waals surface area contributed by atoms with E-state index in [1.807, 2.05) is 0 Å². The largest absolute Gasteiger partial charge is 0.316 e. The molecule has 0 bridgehead atoms. The number of carbonyl (C=O) groups is 1. The van der Waals surface area contributed by atoms with E-state index in [-0.39, 0.29) is 18.2 Å². The summed E-state index contributed by atoms with van der Waals surface area (Å²) >= 11 is 0. The van der Waals surface area contributed by atoms with Crippen molar-refractivity contribution in [3.63, 3.8) is 0 Å². The minimum atomic E-state index is 0.00894. The molecule has 0 atom stereocenters. The molecule has 0 aromatic carbocycles. The summed E-state index contributed by atoms with van der Waals surface area (Å²) in [6, 6.07) is 0. The third kappa shape index (κ3) is 2.71. The van der Waals surface area contributed by atoms with Crippen LogP contribution in [-0.2, 0) is 4.79 Å². The van der Waals surface area contributed by atoms with Crippen LogP contribution in [0.3, 0.4) is 0 Å². The average Bonchev–Trinajstić information content (AvgIpc) is 1.67. The molecular formula is C5H11NO2. The molecule has 0 fully saturated rings. The minimum Gasteiger partial charge on any atom is -0.316 e. The van der Waals surface area contributed by atoms with Crippen LogP contribution in [0.1, 0.15) is 13.8 Å². The number of carbonyl (C=O) groups excluding carboxylic acids is 1. The van der Waals surface area contributed by atoms with Crippen molar-refractivity contribution in [1.29, 1.82) is 0 Å². The molecule has 0 aromatic rings. The molecule has 0 aliphatic carbocycles. The van der Waals surface area contributed by atoms with Crippen LogP contribution in [0.15, 0.2) is 0 Å². The van der Waals surface area contributed by atoms with E-state index in [1.165, 1.54) is 0 Å². The van der Waals surface area contributed by atoms with Gasteiger partial charge in [-0.25, -0.2) is 0 Å². The van der Waals surface area contributed by atoms with E-state index in [4.69, 9.17) is 5.21 Å². The van der Waals surface area contributed by atoms with Crippen LogP contribution >= 0.6 is 0 Å². The summed E-state index contributed by atoms with van der Waals surface area (Å²) in [6.07, 6.45) is 0. The molecule has 2 N–H and O–H groups in total. The second-order valence-corrected chi connectivity index (χ2v) is 1.96. The molecule has 0 aromatic heterocycles. The molecular weight excluding hydrogens is 106 g/mol. The van der Waals surface area contributed by atoms with Gasteiger partial charge in [0.05, 0.1) is 6.54 Å². The normalized spacial score (nSPS) is 10.0. The van der Waals surface area contributed by atoms with Crippen LogP contribution in [0.4, 0.5) is 0 Å². The maximum atomic E-state index is 10.5. The fourth-order valence-corrected chi connectivity index (χ4v) is 0.282. The van der Waals surface area contributed by atoms with Gasteiger partial charge in [0.15, 0.2) is 5.78 Å². The van der Waals surface area contributed by atoms with Crippen LogP contribution in [0.2, 0.25) is 0 Å². The molecule has 0 aliphatic heterocycles. The molecule has 3 nitrogen and oxygen atoms in total. The number of ketones is 1. The summed E-state index contributed by atoms with van der Waals surface area (Å²) in [5.74, 6) is 0.0298. The molecule has 0 saturated heterocycles. The molecule has 0 heterocycles. The van der Waals surface area contributed by atoms with E-state index in [2.05, 4.69) is 0 Å². The Balaban J connectivity index is 3.33. The van der Waals surface area contributed by atoms with E-state index < -0.39 is 0 Å². The van der Waals surface area contributed by atoms with Gasteiger partial charge in [-0.3, -0.25) is 4.79 Å². The minimum absolute atomic E-state index is 0.00894. The summed E-state index contributed by atoms with van der Waals surface area (Å²) in [5, 5.41) is 8.01. The molecule has 0 amide bonds. The van der Waals surface area contributed by atoms with Crippen molar-refractivity contribution >= 4 is 5.78 Å². The third-order valence-corrected chi connectivity index (χ3v) is 0.897. The first-order valence-electron chi connectivity index (χ1n) is 2.58. The van der Waals surface area contributed by atoms with Crippen molar-refractivity contribution in [2.45, 2.75) is 13.8 Å². The van der Waals surface area contributed by atoms with Crippen LogP contribution in [-0.4, -0.2) is 17.5 Å². The topological polar surface area (TPSA) is 49.3 Å². The van der Waals surface area contributed by atoms with Crippen molar-refractivity contribution in [1.82, 2.24) is 5.48 Å². The lowest BCUT2D eigenvalue weighted by molar-refractivity contribution is -0.122. The highest BCUT2D eigenvalue weighted by molar-refractivity contribution is 5.82. The van der Waals surface area contributed by atoms with Crippen molar-refractivity contribution in [2.24, 2.45) is 5.92 Å². The quantitative estimate of drug-likeness (QED) is 0.519. The van der Waals surface area contributed by atoms with Gasteiger partial charge in [0.1, 0.15) is 0 Å². The smallest absolute Gasteiger partial charge is 0.151 e. The van der Waals surface area contributed by atoms with Gasteiger partial charge in [0.25, 0.3) is 0 Å². The fraction of sp³-hybridized carbons (Fsp3) is 0.800. The molecule has 0 saturated carbocycles. The van der Waals surface area contributed by atoms with Gasteiger partial charge in [-0.15, -0.1) is 0 Å². The molecule has 0 spiro atoms. The zero-order chi connectivity index (χ0) is 6.57. The zero-order valence-corrected chi connectivity index (χ0v) is 5.14. The first-order chi connectivity index (χ1) is 3.68. The first kappa shape index (κ1) is 7.59. The lowest BCUT2D eigenvalue weighted by atomic mass is 10.1. The second-order valence-electron chi connectivity index (χ2n) is 1.96. The van der Waals surface area contributed by atoms with Crippen molar-refractivity contribution in [3.05, 3.63) is 0 Å². The Morgan fingerprint density at radius 2 is 2.25 bits per heavy atom. The third-order valence-electron chi connectivity index (χ3n) is 0.897. The molecule has 0 rings (SSSR count). The Kier molecular flexibility index (Phi) is 3.39. The summed E-state index contributed by atoms with van der Waals surface area (Å²) in [7, 11) is 0. The monoisotopic (exact) mass is 117 g/mol. The number of hydrogen-bond acceptors (Lipinski definition) is 3. The maximum absolute atomic E-state index is 10.5. The molecule has 3 heteroatoms. The Hall–Kier alpha value is -0.410. The number of Topliss-reactive ketones (excluding diaryl/α,β-unsaturated/α-hetero) is 1. The van der Waals surface area contributed by atoms with Gasteiger partial charge in [-0.2, -0.15) is 5.48 Å². The predicted octanol–water partition coefficient (Wildman–Crippen LogP) is 0.190. The summed E-state index contributed by atoms with van der Waals surface area (Å²) < 4.78 is 0. The van der Waals surface area contributed by atoms with Crippen LogP contribution < -0.4 is 5.48 Å². The Labute approximate surface area is 48.7 Å². The lowest BCUT2D eigenvalue weighted by Gasteiger charge is -1.99. The average molecular weight is 117 g/mol. The van der Waals surface area contributed by atoms with Gasteiger partial charge >= 0.3 is 0 Å². The molecule has 0 unspecified atom stereocenters. The highest BCUT2D eigenvalue weighted by Crippen LogP contribution is 1.90. The van der Waals surface area contributed by atoms with Gasteiger partial charge in [-0.05, 0) is 0 Å². The molecule has 8 heavy (non-hydrogen) atoms. The Bertz CT molecular complexity index is 80.5. The number of nitrogens with one attached hydrogen (secondary N) is 1. The first-order valence-corrected chi connectivity index (χ1v) is 2.58. The Morgan fingerprint density at radius 1 is 1.75 bits per heavy atom. The Morgan fingerprint density at radius 3 is 2.38 bits per heavy atom. The van der Waals surface area contributed by atoms with Crippen LogP contribution in [0.25, 0.3) is 0 Å². The van der Waals surface area contributed by atoms with E-state index in [0.29, 0.717) is 0 Å². The van der Waals surface area contributed by atoms with Gasteiger partial charge in [0.2, 0.25) is 0 Å². The highest BCUT2D eigenvalue weighted by atomic mass is 16.5. The lowest BCUT2D eigenvalue weighted by Crippen LogP contribution is -2.22. The predicted molar refractivity (Wildman–Crippen MR) is 29.6 cm³/mol. The standard InChI is InChI=1S/C5H11NO2/c1-4(2)5(7)3-6-8/h4,6,8H,3H2,1-2H3. The summed E-state index contributed by atoms with van der Waals surface area (Å²) in [6.45, 7) is 3.64.